The van der Waals surface area contributed by atoms with Crippen molar-refractivity contribution in [3.63, 3.8) is 0 Å². The first-order valence-electron chi connectivity index (χ1n) is 10.3. The predicted octanol–water partition coefficient (Wildman–Crippen LogP) is 3.92. The van der Waals surface area contributed by atoms with Crippen molar-refractivity contribution in [2.45, 2.75) is 12.8 Å². The van der Waals surface area contributed by atoms with Crippen LogP contribution in [0.1, 0.15) is 12.8 Å². The van der Waals surface area contributed by atoms with Gasteiger partial charge >= 0.3 is 0 Å². The zero-order valence-electron chi connectivity index (χ0n) is 17.6. The molecule has 32 heavy (non-hydrogen) atoms. The van der Waals surface area contributed by atoms with Crippen LogP contribution in [0.15, 0.2) is 60.7 Å². The van der Waals surface area contributed by atoms with Crippen molar-refractivity contribution in [1.82, 2.24) is 10.2 Å². The van der Waals surface area contributed by atoms with E-state index in [0.29, 0.717) is 25.9 Å². The Kier molecular flexibility index (Phi) is 6.25. The molecule has 0 unspecified atom stereocenters. The van der Waals surface area contributed by atoms with Gasteiger partial charge in [0.1, 0.15) is 11.4 Å². The Morgan fingerprint density at radius 2 is 1.78 bits per heavy atom. The Morgan fingerprint density at radius 3 is 2.41 bits per heavy atom. The Hall–Kier alpha value is -4.01. The van der Waals surface area contributed by atoms with Gasteiger partial charge in [0.2, 0.25) is 5.91 Å². The summed E-state index contributed by atoms with van der Waals surface area (Å²) in [7, 11) is 1.63. The van der Waals surface area contributed by atoms with Crippen LogP contribution in [0.3, 0.4) is 0 Å². The van der Waals surface area contributed by atoms with Crippen molar-refractivity contribution in [2.75, 3.05) is 30.4 Å². The predicted molar refractivity (Wildman–Crippen MR) is 121 cm³/mol. The summed E-state index contributed by atoms with van der Waals surface area (Å²) in [6, 6.07) is 17.7. The van der Waals surface area contributed by atoms with Crippen molar-refractivity contribution in [1.29, 1.82) is 0 Å². The highest BCUT2D eigenvalue weighted by molar-refractivity contribution is 5.94. The second kappa shape index (κ2) is 9.42. The molecule has 1 aliphatic rings. The fourth-order valence-electron chi connectivity index (χ4n) is 3.75. The quantitative estimate of drug-likeness (QED) is 0.463. The van der Waals surface area contributed by atoms with Gasteiger partial charge < -0.3 is 15.0 Å². The molecule has 1 aromatic heterocycles. The summed E-state index contributed by atoms with van der Waals surface area (Å²) in [5.74, 6) is 1.14. The van der Waals surface area contributed by atoms with Crippen molar-refractivity contribution >= 4 is 23.1 Å². The van der Waals surface area contributed by atoms with Crippen LogP contribution in [0, 0.1) is 16.0 Å². The molecule has 9 heteroatoms. The molecule has 0 aliphatic carbocycles. The Bertz CT molecular complexity index is 1090. The lowest BCUT2D eigenvalue weighted by atomic mass is 9.95. The second-order valence-corrected chi connectivity index (χ2v) is 7.53. The summed E-state index contributed by atoms with van der Waals surface area (Å²) in [5, 5.41) is 22.6. The zero-order valence-corrected chi connectivity index (χ0v) is 17.6. The van der Waals surface area contributed by atoms with Crippen LogP contribution >= 0.6 is 0 Å². The number of nitro benzene ring substituents is 1. The average Bonchev–Trinajstić information content (AvgIpc) is 2.84. The summed E-state index contributed by atoms with van der Waals surface area (Å²) >= 11 is 0. The third-order valence-corrected chi connectivity index (χ3v) is 5.58. The van der Waals surface area contributed by atoms with Crippen LogP contribution in [0.4, 0.5) is 17.2 Å². The molecule has 3 aromatic rings. The molecule has 164 valence electrons. The van der Waals surface area contributed by atoms with E-state index in [-0.39, 0.29) is 23.2 Å². The molecule has 0 bridgehead atoms. The van der Waals surface area contributed by atoms with E-state index < -0.39 is 4.92 Å². The van der Waals surface area contributed by atoms with Crippen LogP contribution in [-0.4, -0.2) is 41.2 Å². The normalized spacial score (nSPS) is 14.1. The van der Waals surface area contributed by atoms with Gasteiger partial charge in [-0.3, -0.25) is 14.9 Å². The standard InChI is InChI=1S/C23H23N5O4/c1-32-18-8-6-16(7-9-18)19-10-11-22(26-25-19)27-14-12-17(13-15-27)23(29)24-20-4-2-3-5-21(20)28(30)31/h2-11,17H,12-15H2,1H3,(H,24,29). The number of amides is 1. The van der Waals surface area contributed by atoms with E-state index in [1.165, 1.54) is 6.07 Å². The molecular weight excluding hydrogens is 410 g/mol. The summed E-state index contributed by atoms with van der Waals surface area (Å²) in [6.45, 7) is 1.32. The number of nitrogens with zero attached hydrogens (tertiary/aromatic N) is 4. The van der Waals surface area contributed by atoms with Crippen LogP contribution < -0.4 is 15.0 Å². The fourth-order valence-corrected chi connectivity index (χ4v) is 3.75. The van der Waals surface area contributed by atoms with Gasteiger partial charge in [-0.2, -0.15) is 0 Å². The maximum absolute atomic E-state index is 12.6. The molecule has 0 saturated carbocycles. The molecule has 1 N–H and O–H groups in total. The highest BCUT2D eigenvalue weighted by atomic mass is 16.6. The summed E-state index contributed by atoms with van der Waals surface area (Å²) in [4.78, 5) is 25.4. The van der Waals surface area contributed by atoms with Gasteiger partial charge in [0.15, 0.2) is 5.82 Å². The van der Waals surface area contributed by atoms with E-state index in [2.05, 4.69) is 20.4 Å². The van der Waals surface area contributed by atoms with Gasteiger partial charge in [-0.15, -0.1) is 10.2 Å². The number of nitro groups is 1. The number of nitrogens with one attached hydrogen (secondary N) is 1. The Labute approximate surface area is 185 Å². The molecule has 1 saturated heterocycles. The van der Waals surface area contributed by atoms with E-state index in [1.54, 1.807) is 25.3 Å². The lowest BCUT2D eigenvalue weighted by molar-refractivity contribution is -0.383. The lowest BCUT2D eigenvalue weighted by Gasteiger charge is -2.31. The van der Waals surface area contributed by atoms with Crippen LogP contribution in [0.5, 0.6) is 5.75 Å². The average molecular weight is 433 g/mol. The molecule has 2 aromatic carbocycles. The van der Waals surface area contributed by atoms with Crippen molar-refractivity contribution in [3.05, 3.63) is 70.8 Å². The summed E-state index contributed by atoms with van der Waals surface area (Å²) in [6.07, 6.45) is 1.27. The minimum atomic E-state index is -0.494. The van der Waals surface area contributed by atoms with Gasteiger partial charge in [0.25, 0.3) is 5.69 Å². The van der Waals surface area contributed by atoms with Gasteiger partial charge in [0.05, 0.1) is 17.7 Å². The number of methoxy groups -OCH3 is 1. The molecular formula is C23H23N5O4. The van der Waals surface area contributed by atoms with E-state index in [0.717, 1.165) is 22.8 Å². The van der Waals surface area contributed by atoms with Crippen molar-refractivity contribution in [2.24, 2.45) is 5.92 Å². The van der Waals surface area contributed by atoms with Crippen LogP contribution in [-0.2, 0) is 4.79 Å². The third kappa shape index (κ3) is 4.66. The second-order valence-electron chi connectivity index (χ2n) is 7.53. The molecule has 0 radical (unpaired) electrons. The number of ether oxygens (including phenoxy) is 1. The summed E-state index contributed by atoms with van der Waals surface area (Å²) < 4.78 is 5.18. The SMILES string of the molecule is COc1ccc(-c2ccc(N3CCC(C(=O)Nc4ccccc4[N+](=O)[O-])CC3)nn2)cc1. The number of para-hydroxylation sites is 2. The largest absolute Gasteiger partial charge is 0.497 e. The van der Waals surface area contributed by atoms with E-state index in [4.69, 9.17) is 4.74 Å². The monoisotopic (exact) mass is 433 g/mol. The smallest absolute Gasteiger partial charge is 0.292 e. The molecule has 1 aliphatic heterocycles. The van der Waals surface area contributed by atoms with E-state index >= 15 is 0 Å². The molecule has 2 heterocycles. The number of hydrogen-bond donors (Lipinski definition) is 1. The van der Waals surface area contributed by atoms with Gasteiger partial charge in [0, 0.05) is 30.6 Å². The van der Waals surface area contributed by atoms with Gasteiger partial charge in [-0.05, 0) is 55.3 Å². The number of rotatable bonds is 6. The van der Waals surface area contributed by atoms with Crippen molar-refractivity contribution in [3.8, 4) is 17.0 Å². The number of anilines is 2. The first kappa shape index (κ1) is 21.2. The molecule has 0 spiro atoms. The van der Waals surface area contributed by atoms with Crippen LogP contribution in [0.2, 0.25) is 0 Å². The number of aromatic nitrogens is 2. The maximum atomic E-state index is 12.6. The van der Waals surface area contributed by atoms with Gasteiger partial charge in [-0.1, -0.05) is 12.1 Å². The number of carbonyl (C=O) groups excluding carboxylic acids is 1. The highest BCUT2D eigenvalue weighted by Gasteiger charge is 2.27. The fraction of sp³-hybridized carbons (Fsp3) is 0.261. The number of carbonyl (C=O) groups is 1. The topological polar surface area (TPSA) is 110 Å². The third-order valence-electron chi connectivity index (χ3n) is 5.58. The van der Waals surface area contributed by atoms with E-state index in [9.17, 15) is 14.9 Å². The van der Waals surface area contributed by atoms with Crippen molar-refractivity contribution < 1.29 is 14.5 Å². The Balaban J connectivity index is 1.35. The molecule has 4 rings (SSSR count). The number of benzene rings is 2. The molecule has 1 fully saturated rings. The minimum Gasteiger partial charge on any atom is -0.497 e. The number of piperidine rings is 1. The maximum Gasteiger partial charge on any atom is 0.292 e. The van der Waals surface area contributed by atoms with E-state index in [1.807, 2.05) is 36.4 Å². The first-order chi connectivity index (χ1) is 15.5. The molecule has 0 atom stereocenters. The zero-order chi connectivity index (χ0) is 22.5. The van der Waals surface area contributed by atoms with Gasteiger partial charge in [-0.25, -0.2) is 0 Å². The first-order valence-corrected chi connectivity index (χ1v) is 10.3. The number of hydrogen-bond acceptors (Lipinski definition) is 7. The molecule has 9 nitrogen and oxygen atoms in total. The Morgan fingerprint density at radius 1 is 1.06 bits per heavy atom. The van der Waals surface area contributed by atoms with Crippen LogP contribution in [0.25, 0.3) is 11.3 Å². The highest BCUT2D eigenvalue weighted by Crippen LogP contribution is 2.27. The minimum absolute atomic E-state index is 0.106. The molecule has 1 amide bonds. The lowest BCUT2D eigenvalue weighted by Crippen LogP contribution is -2.38. The summed E-state index contributed by atoms with van der Waals surface area (Å²) in [5.41, 5.74) is 1.85.